The van der Waals surface area contributed by atoms with Crippen molar-refractivity contribution in [3.05, 3.63) is 56.0 Å². The van der Waals surface area contributed by atoms with Crippen molar-refractivity contribution >= 4 is 39.1 Å². The van der Waals surface area contributed by atoms with E-state index in [-0.39, 0.29) is 6.61 Å². The lowest BCUT2D eigenvalue weighted by molar-refractivity contribution is 0.277. The molecule has 0 bridgehead atoms. The largest absolute Gasteiger partial charge is 0.493 e. The SMILES string of the molecule is COc1ccc(Br)c(CNCCO)c1OCc1ccc(Cl)c(Cl)c1. The monoisotopic (exact) mass is 433 g/mol. The van der Waals surface area contributed by atoms with Crippen molar-refractivity contribution in [1.29, 1.82) is 0 Å². The van der Waals surface area contributed by atoms with Crippen LogP contribution in [0.5, 0.6) is 11.5 Å². The van der Waals surface area contributed by atoms with Crippen LogP contribution in [0, 0.1) is 0 Å². The van der Waals surface area contributed by atoms with Crippen molar-refractivity contribution < 1.29 is 14.6 Å². The fourth-order valence-corrected chi connectivity index (χ4v) is 2.92. The minimum atomic E-state index is 0.0705. The Morgan fingerprint density at radius 1 is 1.17 bits per heavy atom. The van der Waals surface area contributed by atoms with Crippen molar-refractivity contribution in [3.63, 3.8) is 0 Å². The molecular weight excluding hydrogens is 417 g/mol. The van der Waals surface area contributed by atoms with Gasteiger partial charge in [-0.15, -0.1) is 0 Å². The van der Waals surface area contributed by atoms with Crippen LogP contribution in [0.1, 0.15) is 11.1 Å². The Morgan fingerprint density at radius 2 is 1.96 bits per heavy atom. The average molecular weight is 435 g/mol. The highest BCUT2D eigenvalue weighted by atomic mass is 79.9. The molecule has 0 saturated heterocycles. The Balaban J connectivity index is 2.22. The van der Waals surface area contributed by atoms with E-state index in [9.17, 15) is 0 Å². The molecule has 0 spiro atoms. The number of hydrogen-bond acceptors (Lipinski definition) is 4. The number of methoxy groups -OCH3 is 1. The van der Waals surface area contributed by atoms with Gasteiger partial charge in [0.15, 0.2) is 11.5 Å². The Kier molecular flexibility index (Phi) is 7.65. The van der Waals surface area contributed by atoms with Crippen molar-refractivity contribution in [1.82, 2.24) is 5.32 Å². The molecule has 0 aliphatic rings. The van der Waals surface area contributed by atoms with Gasteiger partial charge in [0.05, 0.1) is 23.8 Å². The Hall–Kier alpha value is -0.980. The molecule has 130 valence electrons. The van der Waals surface area contributed by atoms with Crippen molar-refractivity contribution in [3.8, 4) is 11.5 Å². The van der Waals surface area contributed by atoms with E-state index in [1.54, 1.807) is 19.2 Å². The first kappa shape index (κ1) is 19.3. The molecule has 4 nitrogen and oxygen atoms in total. The van der Waals surface area contributed by atoms with E-state index in [1.807, 2.05) is 18.2 Å². The van der Waals surface area contributed by atoms with Crippen LogP contribution in [0.4, 0.5) is 0 Å². The van der Waals surface area contributed by atoms with Gasteiger partial charge < -0.3 is 19.9 Å². The third kappa shape index (κ3) is 5.01. The molecule has 0 aliphatic heterocycles. The van der Waals surface area contributed by atoms with Crippen LogP contribution < -0.4 is 14.8 Å². The van der Waals surface area contributed by atoms with Crippen LogP contribution in [0.3, 0.4) is 0 Å². The molecule has 2 N–H and O–H groups in total. The average Bonchev–Trinajstić information content (AvgIpc) is 2.58. The third-order valence-corrected chi connectivity index (χ3v) is 4.83. The molecule has 0 saturated carbocycles. The molecular formula is C17H18BrCl2NO3. The molecule has 0 aliphatic carbocycles. The molecule has 2 rings (SSSR count). The maximum atomic E-state index is 8.93. The molecule has 0 aromatic heterocycles. The van der Waals surface area contributed by atoms with Crippen molar-refractivity contribution in [2.24, 2.45) is 0 Å². The van der Waals surface area contributed by atoms with E-state index in [0.717, 1.165) is 15.6 Å². The van der Waals surface area contributed by atoms with Gasteiger partial charge in [0, 0.05) is 23.1 Å². The zero-order chi connectivity index (χ0) is 17.5. The zero-order valence-electron chi connectivity index (χ0n) is 13.1. The molecule has 2 aromatic rings. The van der Waals surface area contributed by atoms with Gasteiger partial charge in [0.1, 0.15) is 6.61 Å². The second-order valence-corrected chi connectivity index (χ2v) is 6.66. The number of halogens is 3. The summed E-state index contributed by atoms with van der Waals surface area (Å²) >= 11 is 15.5. The fraction of sp³-hybridized carbons (Fsp3) is 0.294. The van der Waals surface area contributed by atoms with Gasteiger partial charge in [0.2, 0.25) is 0 Å². The summed E-state index contributed by atoms with van der Waals surface area (Å²) in [6.45, 7) is 1.43. The van der Waals surface area contributed by atoms with Crippen LogP contribution in [-0.2, 0) is 13.2 Å². The standard InChI is InChI=1S/C17H18BrCl2NO3/c1-23-16-5-3-13(18)12(9-21-6-7-22)17(16)24-10-11-2-4-14(19)15(20)8-11/h2-5,8,21-22H,6-7,9-10H2,1H3. The molecule has 0 atom stereocenters. The highest BCUT2D eigenvalue weighted by Gasteiger charge is 2.15. The van der Waals surface area contributed by atoms with Gasteiger partial charge in [-0.1, -0.05) is 45.2 Å². The second-order valence-electron chi connectivity index (χ2n) is 4.99. The van der Waals surface area contributed by atoms with Crippen LogP contribution in [0.25, 0.3) is 0 Å². The number of rotatable bonds is 8. The maximum Gasteiger partial charge on any atom is 0.167 e. The molecule has 0 unspecified atom stereocenters. The molecule has 2 aromatic carbocycles. The normalized spacial score (nSPS) is 10.7. The summed E-state index contributed by atoms with van der Waals surface area (Å²) < 4.78 is 12.3. The van der Waals surface area contributed by atoms with Gasteiger partial charge >= 0.3 is 0 Å². The van der Waals surface area contributed by atoms with Gasteiger partial charge in [-0.25, -0.2) is 0 Å². The fourth-order valence-electron chi connectivity index (χ4n) is 2.14. The number of aliphatic hydroxyl groups is 1. The smallest absolute Gasteiger partial charge is 0.167 e. The van der Waals surface area contributed by atoms with Gasteiger partial charge in [-0.3, -0.25) is 0 Å². The van der Waals surface area contributed by atoms with E-state index in [1.165, 1.54) is 0 Å². The first-order valence-electron chi connectivity index (χ1n) is 7.30. The van der Waals surface area contributed by atoms with Crippen LogP contribution >= 0.6 is 39.1 Å². The highest BCUT2D eigenvalue weighted by Crippen LogP contribution is 2.37. The summed E-state index contributed by atoms with van der Waals surface area (Å²) in [5.74, 6) is 1.28. The molecule has 7 heteroatoms. The maximum absolute atomic E-state index is 8.93. The first-order chi connectivity index (χ1) is 11.6. The minimum absolute atomic E-state index is 0.0705. The molecule has 0 heterocycles. The number of nitrogens with one attached hydrogen (secondary N) is 1. The summed E-state index contributed by atoms with van der Waals surface area (Å²) in [4.78, 5) is 0. The number of benzene rings is 2. The number of aliphatic hydroxyl groups excluding tert-OH is 1. The highest BCUT2D eigenvalue weighted by molar-refractivity contribution is 9.10. The molecule has 0 fully saturated rings. The van der Waals surface area contributed by atoms with Crippen molar-refractivity contribution in [2.45, 2.75) is 13.2 Å². The lowest BCUT2D eigenvalue weighted by Gasteiger charge is -2.17. The first-order valence-corrected chi connectivity index (χ1v) is 8.85. The summed E-state index contributed by atoms with van der Waals surface area (Å²) in [6, 6.07) is 9.12. The summed E-state index contributed by atoms with van der Waals surface area (Å²) in [5, 5.41) is 13.1. The third-order valence-electron chi connectivity index (χ3n) is 3.34. The lowest BCUT2D eigenvalue weighted by atomic mass is 10.1. The minimum Gasteiger partial charge on any atom is -0.493 e. The van der Waals surface area contributed by atoms with Gasteiger partial charge in [-0.2, -0.15) is 0 Å². The van der Waals surface area contributed by atoms with E-state index in [2.05, 4.69) is 21.2 Å². The summed E-state index contributed by atoms with van der Waals surface area (Å²) in [7, 11) is 1.60. The Bertz CT molecular complexity index is 698. The molecule has 24 heavy (non-hydrogen) atoms. The van der Waals surface area contributed by atoms with Gasteiger partial charge in [0.25, 0.3) is 0 Å². The second kappa shape index (κ2) is 9.49. The summed E-state index contributed by atoms with van der Waals surface area (Å²) in [5.41, 5.74) is 1.82. The Morgan fingerprint density at radius 3 is 2.62 bits per heavy atom. The predicted octanol–water partition coefficient (Wildman–Crippen LogP) is 4.43. The Labute approximate surface area is 159 Å². The topological polar surface area (TPSA) is 50.7 Å². The van der Waals surface area contributed by atoms with Crippen molar-refractivity contribution in [2.75, 3.05) is 20.3 Å². The van der Waals surface area contributed by atoms with Gasteiger partial charge in [-0.05, 0) is 29.8 Å². The van der Waals surface area contributed by atoms with Crippen LogP contribution in [0.15, 0.2) is 34.8 Å². The summed E-state index contributed by atoms with van der Waals surface area (Å²) in [6.07, 6.45) is 0. The van der Waals surface area contributed by atoms with E-state index >= 15 is 0 Å². The quantitative estimate of drug-likeness (QED) is 0.603. The van der Waals surface area contributed by atoms with Crippen LogP contribution in [-0.4, -0.2) is 25.4 Å². The zero-order valence-corrected chi connectivity index (χ0v) is 16.2. The van der Waals surface area contributed by atoms with Crippen LogP contribution in [0.2, 0.25) is 10.0 Å². The number of hydrogen-bond donors (Lipinski definition) is 2. The molecule has 0 radical (unpaired) electrons. The van der Waals surface area contributed by atoms with E-state index < -0.39 is 0 Å². The van der Waals surface area contributed by atoms with E-state index in [0.29, 0.717) is 41.2 Å². The molecule has 0 amide bonds. The lowest BCUT2D eigenvalue weighted by Crippen LogP contribution is -2.18. The predicted molar refractivity (Wildman–Crippen MR) is 100 cm³/mol. The van der Waals surface area contributed by atoms with E-state index in [4.69, 9.17) is 37.8 Å². The number of ether oxygens (including phenoxy) is 2.